The number of likely N-dealkylation sites (N-methyl/N-ethyl adjacent to an activating group) is 1. The van der Waals surface area contributed by atoms with Crippen LogP contribution in [0.4, 0.5) is 0 Å². The third-order valence-corrected chi connectivity index (χ3v) is 6.38. The predicted molar refractivity (Wildman–Crippen MR) is 137 cm³/mol. The summed E-state index contributed by atoms with van der Waals surface area (Å²) in [6, 6.07) is 2.60. The summed E-state index contributed by atoms with van der Waals surface area (Å²) in [6.45, 7) is 12.7. The molecule has 0 saturated carbocycles. The number of aromatic nitrogens is 4. The van der Waals surface area contributed by atoms with Crippen LogP contribution in [0.25, 0.3) is 0 Å². The molecule has 2 N–H and O–H groups in total. The summed E-state index contributed by atoms with van der Waals surface area (Å²) in [5, 5.41) is 19.5. The standard InChI is InChI=1S/C22H38N8O.HI/c1-6-17(7-2)20-12-19(31-28-20)14-24-22(23-13-18-10-9-11-30(18)8-3)25-15-21-27-26-16(4)29(21)5;/h12,17-18H,6-11,13-15H2,1-5H3,(H2,23,24,25);1H. The van der Waals surface area contributed by atoms with Gasteiger partial charge >= 0.3 is 0 Å². The van der Waals surface area contributed by atoms with E-state index in [-0.39, 0.29) is 24.0 Å². The van der Waals surface area contributed by atoms with E-state index in [0.717, 1.165) is 55.0 Å². The molecule has 180 valence electrons. The average Bonchev–Trinajstić information content (AvgIpc) is 3.51. The first-order chi connectivity index (χ1) is 15.0. The highest BCUT2D eigenvalue weighted by Crippen LogP contribution is 2.22. The highest BCUT2D eigenvalue weighted by molar-refractivity contribution is 14.0. The Kier molecular flexibility index (Phi) is 10.9. The van der Waals surface area contributed by atoms with Gasteiger partial charge in [0.05, 0.1) is 12.2 Å². The molecule has 1 aliphatic rings. The molecule has 1 fully saturated rings. The van der Waals surface area contributed by atoms with Gasteiger partial charge in [-0.2, -0.15) is 0 Å². The highest BCUT2D eigenvalue weighted by atomic mass is 127. The Morgan fingerprint density at radius 1 is 1.25 bits per heavy atom. The van der Waals surface area contributed by atoms with Crippen LogP contribution in [0.1, 0.15) is 75.5 Å². The van der Waals surface area contributed by atoms with E-state index < -0.39 is 0 Å². The Balaban J connectivity index is 0.00000363. The second-order valence-corrected chi connectivity index (χ2v) is 8.28. The number of aliphatic imine (C=N–C) groups is 1. The lowest BCUT2D eigenvalue weighted by molar-refractivity contribution is 0.267. The highest BCUT2D eigenvalue weighted by Gasteiger charge is 2.23. The van der Waals surface area contributed by atoms with E-state index in [1.54, 1.807) is 0 Å². The van der Waals surface area contributed by atoms with E-state index in [9.17, 15) is 0 Å². The van der Waals surface area contributed by atoms with E-state index >= 15 is 0 Å². The van der Waals surface area contributed by atoms with Crippen LogP contribution in [0.5, 0.6) is 0 Å². The van der Waals surface area contributed by atoms with E-state index in [1.807, 2.05) is 18.5 Å². The van der Waals surface area contributed by atoms with Gasteiger partial charge in [0, 0.05) is 31.6 Å². The van der Waals surface area contributed by atoms with Gasteiger partial charge in [-0.1, -0.05) is 25.9 Å². The Morgan fingerprint density at radius 3 is 2.69 bits per heavy atom. The summed E-state index contributed by atoms with van der Waals surface area (Å²) in [5.74, 6) is 3.74. The normalized spacial score (nSPS) is 17.1. The summed E-state index contributed by atoms with van der Waals surface area (Å²) >= 11 is 0. The lowest BCUT2D eigenvalue weighted by atomic mass is 9.99. The first-order valence-corrected chi connectivity index (χ1v) is 11.6. The van der Waals surface area contributed by atoms with Crippen LogP contribution in [-0.4, -0.2) is 56.5 Å². The largest absolute Gasteiger partial charge is 0.359 e. The molecule has 0 aliphatic carbocycles. The third-order valence-electron chi connectivity index (χ3n) is 6.38. The van der Waals surface area contributed by atoms with Crippen LogP contribution < -0.4 is 10.6 Å². The van der Waals surface area contributed by atoms with Crippen molar-refractivity contribution in [2.45, 2.75) is 78.4 Å². The monoisotopic (exact) mass is 558 g/mol. The number of likely N-dealkylation sites (tertiary alicyclic amines) is 1. The molecule has 10 heteroatoms. The summed E-state index contributed by atoms with van der Waals surface area (Å²) < 4.78 is 7.53. The first kappa shape index (κ1) is 26.6. The Hall–Kier alpha value is -1.69. The van der Waals surface area contributed by atoms with Crippen molar-refractivity contribution in [2.24, 2.45) is 12.0 Å². The van der Waals surface area contributed by atoms with Gasteiger partial charge in [0.15, 0.2) is 17.5 Å². The maximum absolute atomic E-state index is 5.57. The molecule has 1 saturated heterocycles. The fraction of sp³-hybridized carbons (Fsp3) is 0.727. The van der Waals surface area contributed by atoms with Crippen LogP contribution >= 0.6 is 24.0 Å². The molecule has 1 atom stereocenters. The zero-order chi connectivity index (χ0) is 22.2. The van der Waals surface area contributed by atoms with Gasteiger partial charge in [0.2, 0.25) is 0 Å². The predicted octanol–water partition coefficient (Wildman–Crippen LogP) is 3.35. The summed E-state index contributed by atoms with van der Waals surface area (Å²) in [4.78, 5) is 7.28. The molecule has 3 heterocycles. The minimum Gasteiger partial charge on any atom is -0.359 e. The van der Waals surface area contributed by atoms with Crippen molar-refractivity contribution < 1.29 is 4.52 Å². The van der Waals surface area contributed by atoms with Gasteiger partial charge < -0.3 is 19.7 Å². The third kappa shape index (κ3) is 6.90. The van der Waals surface area contributed by atoms with Gasteiger partial charge in [-0.05, 0) is 45.7 Å². The summed E-state index contributed by atoms with van der Waals surface area (Å²) in [7, 11) is 1.96. The van der Waals surface area contributed by atoms with Gasteiger partial charge in [0.25, 0.3) is 0 Å². The van der Waals surface area contributed by atoms with E-state index in [0.29, 0.717) is 25.0 Å². The Bertz CT molecular complexity index is 845. The fourth-order valence-electron chi connectivity index (χ4n) is 4.15. The number of nitrogens with zero attached hydrogens (tertiary/aromatic N) is 6. The number of halogens is 1. The molecule has 3 rings (SSSR count). The molecule has 9 nitrogen and oxygen atoms in total. The molecule has 0 spiro atoms. The van der Waals surface area contributed by atoms with E-state index in [2.05, 4.69) is 57.7 Å². The molecular formula is C22H39IN8O. The number of hydrogen-bond acceptors (Lipinski definition) is 6. The fourth-order valence-corrected chi connectivity index (χ4v) is 4.15. The lowest BCUT2D eigenvalue weighted by Gasteiger charge is -2.24. The molecule has 1 unspecified atom stereocenters. The number of nitrogens with one attached hydrogen (secondary N) is 2. The zero-order valence-corrected chi connectivity index (χ0v) is 22.4. The second kappa shape index (κ2) is 13.1. The lowest BCUT2D eigenvalue weighted by Crippen LogP contribution is -2.44. The molecular weight excluding hydrogens is 519 g/mol. The summed E-state index contributed by atoms with van der Waals surface area (Å²) in [6.07, 6.45) is 4.61. The Labute approximate surface area is 208 Å². The average molecular weight is 559 g/mol. The van der Waals surface area contributed by atoms with Crippen molar-refractivity contribution in [3.8, 4) is 0 Å². The molecule has 32 heavy (non-hydrogen) atoms. The van der Waals surface area contributed by atoms with Crippen LogP contribution in [0.3, 0.4) is 0 Å². The van der Waals surface area contributed by atoms with Crippen molar-refractivity contribution in [3.05, 3.63) is 29.2 Å². The minimum atomic E-state index is 0. The van der Waals surface area contributed by atoms with Crippen LogP contribution in [0.2, 0.25) is 0 Å². The SMILES string of the molecule is CCC(CC)c1cc(CNC(=NCc2nnc(C)n2C)NCC2CCCN2CC)on1.I. The second-order valence-electron chi connectivity index (χ2n) is 8.28. The van der Waals surface area contributed by atoms with Gasteiger partial charge in [-0.3, -0.25) is 4.90 Å². The van der Waals surface area contributed by atoms with Gasteiger partial charge in [-0.15, -0.1) is 34.2 Å². The van der Waals surface area contributed by atoms with Crippen molar-refractivity contribution >= 4 is 29.9 Å². The van der Waals surface area contributed by atoms with Crippen LogP contribution in [0.15, 0.2) is 15.6 Å². The van der Waals surface area contributed by atoms with Gasteiger partial charge in [-0.25, -0.2) is 4.99 Å². The number of hydrogen-bond donors (Lipinski definition) is 2. The topological polar surface area (TPSA) is 96.4 Å². The maximum atomic E-state index is 5.57. The van der Waals surface area contributed by atoms with E-state index in [1.165, 1.54) is 19.4 Å². The first-order valence-electron chi connectivity index (χ1n) is 11.6. The molecule has 0 bridgehead atoms. The van der Waals surface area contributed by atoms with Crippen LogP contribution in [-0.2, 0) is 20.1 Å². The zero-order valence-electron chi connectivity index (χ0n) is 20.1. The van der Waals surface area contributed by atoms with Crippen molar-refractivity contribution in [1.82, 2.24) is 35.5 Å². The van der Waals surface area contributed by atoms with Crippen LogP contribution in [0, 0.1) is 6.92 Å². The number of rotatable bonds is 10. The van der Waals surface area contributed by atoms with E-state index in [4.69, 9.17) is 9.52 Å². The summed E-state index contributed by atoms with van der Waals surface area (Å²) in [5.41, 5.74) is 1.03. The smallest absolute Gasteiger partial charge is 0.192 e. The molecule has 1 aliphatic heterocycles. The number of guanidine groups is 1. The minimum absolute atomic E-state index is 0. The van der Waals surface area contributed by atoms with Crippen molar-refractivity contribution in [1.29, 1.82) is 0 Å². The quantitative estimate of drug-likeness (QED) is 0.262. The van der Waals surface area contributed by atoms with Crippen molar-refractivity contribution in [3.63, 3.8) is 0 Å². The molecule has 2 aromatic heterocycles. The van der Waals surface area contributed by atoms with Crippen molar-refractivity contribution in [2.75, 3.05) is 19.6 Å². The molecule has 2 aromatic rings. The van der Waals surface area contributed by atoms with Gasteiger partial charge in [0.1, 0.15) is 12.4 Å². The molecule has 0 aromatic carbocycles. The number of aryl methyl sites for hydroxylation is 1. The maximum Gasteiger partial charge on any atom is 0.192 e. The molecule has 0 amide bonds. The Morgan fingerprint density at radius 2 is 2.03 bits per heavy atom. The molecule has 0 radical (unpaired) electrons.